The second kappa shape index (κ2) is 6.58. The van der Waals surface area contributed by atoms with E-state index in [1.165, 1.54) is 18.7 Å². The first-order valence-corrected chi connectivity index (χ1v) is 6.58. The van der Waals surface area contributed by atoms with Gasteiger partial charge in [0.2, 0.25) is 0 Å². The summed E-state index contributed by atoms with van der Waals surface area (Å²) in [6.45, 7) is -0.545. The Bertz CT molecular complexity index is 576. The fourth-order valence-electron chi connectivity index (χ4n) is 2.14. The van der Waals surface area contributed by atoms with E-state index in [9.17, 15) is 20.1 Å². The van der Waals surface area contributed by atoms with Crippen LogP contribution in [0.3, 0.4) is 0 Å². The standard InChI is InChI=1S/C12H19N3O7/c1-15-7(17)3-6(14-12(15)21-2)13-11-10(20)9(19)8(18)5(4-16)22-11/h3,5,8-11,13,16,18-20H,4H2,1-2H3/t5-,8-,9+,10-,11-/m1/s1. The van der Waals surface area contributed by atoms with Gasteiger partial charge in [0.15, 0.2) is 6.23 Å². The molecule has 0 saturated carbocycles. The number of hydrogen-bond acceptors (Lipinski definition) is 9. The van der Waals surface area contributed by atoms with Crippen molar-refractivity contribution in [1.82, 2.24) is 9.55 Å². The lowest BCUT2D eigenvalue weighted by Gasteiger charge is -2.40. The molecule has 10 heteroatoms. The highest BCUT2D eigenvalue weighted by Gasteiger charge is 2.43. The summed E-state index contributed by atoms with van der Waals surface area (Å²) in [6.07, 6.45) is -6.67. The fraction of sp³-hybridized carbons (Fsp3) is 0.667. The van der Waals surface area contributed by atoms with Crippen LogP contribution in [0.2, 0.25) is 0 Å². The van der Waals surface area contributed by atoms with Gasteiger partial charge >= 0.3 is 6.01 Å². The van der Waals surface area contributed by atoms with E-state index in [1.54, 1.807) is 0 Å². The summed E-state index contributed by atoms with van der Waals surface area (Å²) in [4.78, 5) is 15.8. The molecule has 10 nitrogen and oxygen atoms in total. The molecule has 124 valence electrons. The van der Waals surface area contributed by atoms with Crippen LogP contribution < -0.4 is 15.6 Å². The smallest absolute Gasteiger partial charge is 0.300 e. The van der Waals surface area contributed by atoms with Crippen LogP contribution in [0.5, 0.6) is 6.01 Å². The summed E-state index contributed by atoms with van der Waals surface area (Å²) in [7, 11) is 2.82. The first-order chi connectivity index (χ1) is 10.4. The number of nitrogens with one attached hydrogen (secondary N) is 1. The second-order valence-electron chi connectivity index (χ2n) is 4.92. The van der Waals surface area contributed by atoms with Crippen LogP contribution in [-0.2, 0) is 11.8 Å². The molecule has 0 unspecified atom stereocenters. The molecule has 1 aromatic heterocycles. The fourth-order valence-corrected chi connectivity index (χ4v) is 2.14. The van der Waals surface area contributed by atoms with Gasteiger partial charge in [-0.15, -0.1) is 0 Å². The van der Waals surface area contributed by atoms with Gasteiger partial charge in [-0.2, -0.15) is 4.98 Å². The summed E-state index contributed by atoms with van der Waals surface area (Å²) in [5.41, 5.74) is -0.404. The van der Waals surface area contributed by atoms with E-state index in [0.717, 1.165) is 6.07 Å². The SMILES string of the molecule is COc1nc(N[C@@H]2O[C@H](CO)[C@@H](O)[C@H](O)[C@H]2O)cc(=O)n1C. The van der Waals surface area contributed by atoms with Crippen molar-refractivity contribution in [1.29, 1.82) is 0 Å². The lowest BCUT2D eigenvalue weighted by molar-refractivity contribution is -0.221. The van der Waals surface area contributed by atoms with Gasteiger partial charge in [0.1, 0.15) is 30.2 Å². The minimum Gasteiger partial charge on any atom is -0.468 e. The van der Waals surface area contributed by atoms with Gasteiger partial charge in [0.25, 0.3) is 5.56 Å². The zero-order valence-electron chi connectivity index (χ0n) is 12.1. The largest absolute Gasteiger partial charge is 0.468 e. The van der Waals surface area contributed by atoms with Gasteiger partial charge in [-0.25, -0.2) is 0 Å². The number of ether oxygens (including phenoxy) is 2. The molecule has 0 bridgehead atoms. The maximum atomic E-state index is 11.7. The Kier molecular flexibility index (Phi) is 4.98. The number of nitrogens with zero attached hydrogens (tertiary/aromatic N) is 2. The van der Waals surface area contributed by atoms with Gasteiger partial charge in [-0.05, 0) is 0 Å². The van der Waals surface area contributed by atoms with Crippen molar-refractivity contribution in [3.63, 3.8) is 0 Å². The van der Waals surface area contributed by atoms with Crippen molar-refractivity contribution in [3.05, 3.63) is 16.4 Å². The summed E-state index contributed by atoms with van der Waals surface area (Å²) in [5.74, 6) is 0.0595. The predicted octanol–water partition coefficient (Wildman–Crippen LogP) is -3.00. The van der Waals surface area contributed by atoms with E-state index >= 15 is 0 Å². The van der Waals surface area contributed by atoms with Crippen LogP contribution >= 0.6 is 0 Å². The molecule has 22 heavy (non-hydrogen) atoms. The predicted molar refractivity (Wildman–Crippen MR) is 73.4 cm³/mol. The first-order valence-electron chi connectivity index (χ1n) is 6.58. The maximum absolute atomic E-state index is 11.7. The lowest BCUT2D eigenvalue weighted by atomic mass is 9.98. The highest BCUT2D eigenvalue weighted by molar-refractivity contribution is 5.36. The summed E-state index contributed by atoms with van der Waals surface area (Å²) in [6, 6.07) is 1.20. The molecule has 0 aliphatic carbocycles. The average molecular weight is 317 g/mol. The van der Waals surface area contributed by atoms with Gasteiger partial charge in [-0.1, -0.05) is 0 Å². The molecule has 1 aliphatic heterocycles. The van der Waals surface area contributed by atoms with Crippen LogP contribution in [0.1, 0.15) is 0 Å². The molecule has 1 fully saturated rings. The molecule has 0 amide bonds. The zero-order valence-corrected chi connectivity index (χ0v) is 12.1. The van der Waals surface area contributed by atoms with Crippen LogP contribution in [0, 0.1) is 0 Å². The van der Waals surface area contributed by atoms with Crippen LogP contribution in [0.15, 0.2) is 10.9 Å². The zero-order chi connectivity index (χ0) is 16.4. The summed E-state index contributed by atoms with van der Waals surface area (Å²) < 4.78 is 11.4. The van der Waals surface area contributed by atoms with E-state index in [0.29, 0.717) is 0 Å². The van der Waals surface area contributed by atoms with Gasteiger partial charge in [0.05, 0.1) is 13.7 Å². The van der Waals surface area contributed by atoms with Crippen molar-refractivity contribution < 1.29 is 29.9 Å². The molecular weight excluding hydrogens is 298 g/mol. The minimum absolute atomic E-state index is 0.0413. The van der Waals surface area contributed by atoms with Gasteiger partial charge in [-0.3, -0.25) is 9.36 Å². The monoisotopic (exact) mass is 317 g/mol. The number of anilines is 1. The highest BCUT2D eigenvalue weighted by Crippen LogP contribution is 2.22. The van der Waals surface area contributed by atoms with E-state index in [-0.39, 0.29) is 11.8 Å². The third kappa shape index (κ3) is 3.05. The lowest BCUT2D eigenvalue weighted by Crippen LogP contribution is -2.60. The number of aromatic nitrogens is 2. The van der Waals surface area contributed by atoms with Crippen LogP contribution in [0.25, 0.3) is 0 Å². The third-order valence-electron chi connectivity index (χ3n) is 3.46. The quantitative estimate of drug-likeness (QED) is 0.392. The van der Waals surface area contributed by atoms with E-state index < -0.39 is 42.8 Å². The Hall–Kier alpha value is -1.72. The molecule has 5 N–H and O–H groups in total. The minimum atomic E-state index is -1.52. The second-order valence-corrected chi connectivity index (χ2v) is 4.92. The molecular formula is C12H19N3O7. The highest BCUT2D eigenvalue weighted by atomic mass is 16.6. The van der Waals surface area contributed by atoms with Crippen molar-refractivity contribution >= 4 is 5.82 Å². The van der Waals surface area contributed by atoms with E-state index in [1.807, 2.05) is 0 Å². The number of rotatable bonds is 4. The van der Waals surface area contributed by atoms with Crippen LogP contribution in [-0.4, -0.2) is 74.3 Å². The number of aliphatic hydroxyl groups is 4. The van der Waals surface area contributed by atoms with Gasteiger partial charge < -0.3 is 35.2 Å². The number of hydrogen-bond donors (Lipinski definition) is 5. The molecule has 1 saturated heterocycles. The number of aliphatic hydroxyl groups excluding tert-OH is 4. The van der Waals surface area contributed by atoms with Gasteiger partial charge in [0, 0.05) is 13.1 Å². The molecule has 1 aliphatic rings. The first kappa shape index (κ1) is 16.6. The van der Waals surface area contributed by atoms with E-state index in [4.69, 9.17) is 14.6 Å². The molecule has 2 rings (SSSR count). The Labute approximate surface area is 125 Å². The summed E-state index contributed by atoms with van der Waals surface area (Å²) >= 11 is 0. The Morgan fingerprint density at radius 1 is 1.36 bits per heavy atom. The normalized spacial score (nSPS) is 31.8. The van der Waals surface area contributed by atoms with Crippen molar-refractivity contribution in [3.8, 4) is 6.01 Å². The molecule has 0 aromatic carbocycles. The molecule has 5 atom stereocenters. The number of methoxy groups -OCH3 is 1. The van der Waals surface area contributed by atoms with Crippen LogP contribution in [0.4, 0.5) is 5.82 Å². The molecule has 0 radical (unpaired) electrons. The topological polar surface area (TPSA) is 146 Å². The van der Waals surface area contributed by atoms with E-state index in [2.05, 4.69) is 10.3 Å². The molecule has 0 spiro atoms. The maximum Gasteiger partial charge on any atom is 0.300 e. The molecule has 1 aromatic rings. The van der Waals surface area contributed by atoms with Crippen molar-refractivity contribution in [2.45, 2.75) is 30.6 Å². The van der Waals surface area contributed by atoms with Crippen molar-refractivity contribution in [2.24, 2.45) is 7.05 Å². The van der Waals surface area contributed by atoms with Crippen molar-refractivity contribution in [2.75, 3.05) is 19.0 Å². The average Bonchev–Trinajstić information content (AvgIpc) is 2.51. The Balaban J connectivity index is 2.22. The molecule has 2 heterocycles. The Morgan fingerprint density at radius 3 is 2.64 bits per heavy atom. The third-order valence-corrected chi connectivity index (χ3v) is 3.46. The Morgan fingerprint density at radius 2 is 2.05 bits per heavy atom. The summed E-state index contributed by atoms with van der Waals surface area (Å²) in [5, 5.41) is 41.1.